The summed E-state index contributed by atoms with van der Waals surface area (Å²) in [4.78, 5) is 21.9. The predicted octanol–water partition coefficient (Wildman–Crippen LogP) is 2.81. The summed E-state index contributed by atoms with van der Waals surface area (Å²) in [5, 5.41) is 6.09. The summed E-state index contributed by atoms with van der Waals surface area (Å²) in [5.41, 5.74) is 1.80. The van der Waals surface area contributed by atoms with Gasteiger partial charge >= 0.3 is 0 Å². The molecule has 0 saturated carbocycles. The van der Waals surface area contributed by atoms with Crippen molar-refractivity contribution < 1.29 is 9.63 Å². The van der Waals surface area contributed by atoms with E-state index >= 15 is 0 Å². The number of aromatic nitrogens is 1. The van der Waals surface area contributed by atoms with E-state index in [2.05, 4.69) is 4.98 Å². The molecule has 0 aliphatic heterocycles. The molecule has 0 fully saturated rings. The van der Waals surface area contributed by atoms with Crippen LogP contribution in [0.1, 0.15) is 15.4 Å². The summed E-state index contributed by atoms with van der Waals surface area (Å²) in [6.07, 6.45) is 0. The van der Waals surface area contributed by atoms with Crippen molar-refractivity contribution in [2.24, 2.45) is 0 Å². The quantitative estimate of drug-likeness (QED) is 0.804. The van der Waals surface area contributed by atoms with E-state index in [-0.39, 0.29) is 5.91 Å². The fourth-order valence-corrected chi connectivity index (χ4v) is 3.08. The first-order valence-corrected chi connectivity index (χ1v) is 6.71. The van der Waals surface area contributed by atoms with E-state index in [1.807, 2.05) is 23.8 Å². The van der Waals surface area contributed by atoms with E-state index in [9.17, 15) is 4.79 Å². The number of thiophene rings is 1. The van der Waals surface area contributed by atoms with Crippen molar-refractivity contribution in [3.8, 4) is 10.6 Å². The monoisotopic (exact) mass is 268 g/mol. The predicted molar refractivity (Wildman–Crippen MR) is 69.3 cm³/mol. The van der Waals surface area contributed by atoms with E-state index in [0.29, 0.717) is 4.88 Å². The summed E-state index contributed by atoms with van der Waals surface area (Å²) in [5.74, 6) is -0.163. The molecule has 0 unspecified atom stereocenters. The number of thiazole rings is 1. The SMILES string of the molecule is CON(C)C(=O)c1sc(-c2ccsc2)nc1C. The standard InChI is InChI=1S/C11H12N2O2S2/c1-7-9(11(14)13(2)15-3)17-10(12-7)8-4-5-16-6-8/h4-6H,1-3H3. The van der Waals surface area contributed by atoms with Gasteiger partial charge in [0.15, 0.2) is 0 Å². The average Bonchev–Trinajstić information content (AvgIpc) is 2.95. The van der Waals surface area contributed by atoms with Gasteiger partial charge in [0.1, 0.15) is 9.88 Å². The van der Waals surface area contributed by atoms with Gasteiger partial charge in [-0.3, -0.25) is 9.63 Å². The topological polar surface area (TPSA) is 42.4 Å². The lowest BCUT2D eigenvalue weighted by Crippen LogP contribution is -2.25. The van der Waals surface area contributed by atoms with Crippen molar-refractivity contribution >= 4 is 28.6 Å². The lowest BCUT2D eigenvalue weighted by atomic mass is 10.3. The van der Waals surface area contributed by atoms with Crippen LogP contribution in [0, 0.1) is 6.92 Å². The van der Waals surface area contributed by atoms with Gasteiger partial charge in [0.2, 0.25) is 0 Å². The largest absolute Gasteiger partial charge is 0.289 e. The second-order valence-corrected chi connectivity index (χ2v) is 5.21. The van der Waals surface area contributed by atoms with Gasteiger partial charge in [-0.2, -0.15) is 11.3 Å². The zero-order valence-electron chi connectivity index (χ0n) is 9.76. The molecule has 0 aromatic carbocycles. The summed E-state index contributed by atoms with van der Waals surface area (Å²) in [6.45, 7) is 1.84. The van der Waals surface area contributed by atoms with Gasteiger partial charge < -0.3 is 0 Å². The summed E-state index contributed by atoms with van der Waals surface area (Å²) in [6, 6.07) is 2.00. The number of amides is 1. The molecule has 0 radical (unpaired) electrons. The average molecular weight is 268 g/mol. The first-order valence-electron chi connectivity index (χ1n) is 4.95. The minimum Gasteiger partial charge on any atom is -0.274 e. The highest BCUT2D eigenvalue weighted by Gasteiger charge is 2.19. The molecule has 90 valence electrons. The molecule has 2 aromatic rings. The van der Waals surface area contributed by atoms with Crippen LogP contribution in [0.3, 0.4) is 0 Å². The number of rotatable bonds is 3. The molecule has 0 N–H and O–H groups in total. The minimum absolute atomic E-state index is 0.163. The fourth-order valence-electron chi connectivity index (χ4n) is 1.33. The zero-order chi connectivity index (χ0) is 12.4. The van der Waals surface area contributed by atoms with Crippen LogP contribution in [0.2, 0.25) is 0 Å². The van der Waals surface area contributed by atoms with Gasteiger partial charge in [-0.15, -0.1) is 11.3 Å². The van der Waals surface area contributed by atoms with Crippen molar-refractivity contribution in [2.75, 3.05) is 14.2 Å². The molecule has 0 atom stereocenters. The highest BCUT2D eigenvalue weighted by Crippen LogP contribution is 2.29. The van der Waals surface area contributed by atoms with Crippen molar-refractivity contribution in [3.63, 3.8) is 0 Å². The summed E-state index contributed by atoms with van der Waals surface area (Å²) < 4.78 is 0. The molecular formula is C11H12N2O2S2. The van der Waals surface area contributed by atoms with Gasteiger partial charge in [0.05, 0.1) is 12.8 Å². The third-order valence-corrected chi connectivity index (χ3v) is 4.20. The van der Waals surface area contributed by atoms with Gasteiger partial charge in [0, 0.05) is 18.0 Å². The van der Waals surface area contributed by atoms with Crippen LogP contribution in [0.25, 0.3) is 10.6 Å². The van der Waals surface area contributed by atoms with E-state index in [1.54, 1.807) is 18.4 Å². The van der Waals surface area contributed by atoms with Crippen molar-refractivity contribution in [1.82, 2.24) is 10.0 Å². The van der Waals surface area contributed by atoms with Crippen LogP contribution in [-0.4, -0.2) is 30.1 Å². The molecule has 0 spiro atoms. The Morgan fingerprint density at radius 1 is 1.53 bits per heavy atom. The van der Waals surface area contributed by atoms with Crippen LogP contribution in [0.4, 0.5) is 0 Å². The van der Waals surface area contributed by atoms with E-state index in [1.165, 1.54) is 23.5 Å². The molecule has 0 bridgehead atoms. The second-order valence-electron chi connectivity index (χ2n) is 3.43. The number of aryl methyl sites for hydroxylation is 1. The van der Waals surface area contributed by atoms with Crippen molar-refractivity contribution in [3.05, 3.63) is 27.4 Å². The third kappa shape index (κ3) is 2.38. The van der Waals surface area contributed by atoms with E-state index in [4.69, 9.17) is 4.84 Å². The van der Waals surface area contributed by atoms with Gasteiger partial charge in [0.25, 0.3) is 5.91 Å². The molecule has 6 heteroatoms. The maximum absolute atomic E-state index is 12.0. The summed E-state index contributed by atoms with van der Waals surface area (Å²) in [7, 11) is 3.06. The number of carbonyl (C=O) groups is 1. The number of carbonyl (C=O) groups excluding carboxylic acids is 1. The highest BCUT2D eigenvalue weighted by molar-refractivity contribution is 7.17. The van der Waals surface area contributed by atoms with E-state index in [0.717, 1.165) is 16.3 Å². The first-order chi connectivity index (χ1) is 8.13. The Balaban J connectivity index is 2.34. The fraction of sp³-hybridized carbons (Fsp3) is 0.273. The number of nitrogens with zero attached hydrogens (tertiary/aromatic N) is 2. The number of hydrogen-bond donors (Lipinski definition) is 0. The zero-order valence-corrected chi connectivity index (χ0v) is 11.4. The Kier molecular flexibility index (Phi) is 3.56. The first kappa shape index (κ1) is 12.2. The van der Waals surface area contributed by atoms with Gasteiger partial charge in [-0.25, -0.2) is 10.0 Å². The van der Waals surface area contributed by atoms with Crippen molar-refractivity contribution in [2.45, 2.75) is 6.92 Å². The highest BCUT2D eigenvalue weighted by atomic mass is 32.1. The van der Waals surface area contributed by atoms with Gasteiger partial charge in [-0.05, 0) is 18.4 Å². The third-order valence-electron chi connectivity index (χ3n) is 2.32. The van der Waals surface area contributed by atoms with Crippen LogP contribution in [0.5, 0.6) is 0 Å². The maximum atomic E-state index is 12.0. The molecule has 2 aromatic heterocycles. The Hall–Kier alpha value is -1.24. The number of hydroxylamine groups is 2. The molecule has 0 aliphatic rings. The van der Waals surface area contributed by atoms with Crippen LogP contribution in [-0.2, 0) is 4.84 Å². The molecular weight excluding hydrogens is 256 g/mol. The van der Waals surface area contributed by atoms with Crippen molar-refractivity contribution in [1.29, 1.82) is 0 Å². The van der Waals surface area contributed by atoms with Crippen LogP contribution < -0.4 is 0 Å². The summed E-state index contributed by atoms with van der Waals surface area (Å²) >= 11 is 3.01. The van der Waals surface area contributed by atoms with Gasteiger partial charge in [-0.1, -0.05) is 0 Å². The Morgan fingerprint density at radius 3 is 2.88 bits per heavy atom. The molecule has 2 rings (SSSR count). The Labute approximate surface area is 107 Å². The normalized spacial score (nSPS) is 10.5. The molecule has 17 heavy (non-hydrogen) atoms. The molecule has 2 heterocycles. The molecule has 1 amide bonds. The Morgan fingerprint density at radius 2 is 2.29 bits per heavy atom. The second kappa shape index (κ2) is 4.95. The van der Waals surface area contributed by atoms with E-state index < -0.39 is 0 Å². The minimum atomic E-state index is -0.163. The molecule has 0 aliphatic carbocycles. The maximum Gasteiger partial charge on any atom is 0.289 e. The van der Waals surface area contributed by atoms with Crippen LogP contribution >= 0.6 is 22.7 Å². The lowest BCUT2D eigenvalue weighted by molar-refractivity contribution is -0.0754. The molecule has 4 nitrogen and oxygen atoms in total. The lowest BCUT2D eigenvalue weighted by Gasteiger charge is -2.11. The Bertz CT molecular complexity index is 520. The number of hydrogen-bond acceptors (Lipinski definition) is 5. The van der Waals surface area contributed by atoms with Crippen LogP contribution in [0.15, 0.2) is 16.8 Å². The molecule has 0 saturated heterocycles. The smallest absolute Gasteiger partial charge is 0.274 e.